The quantitative estimate of drug-likeness (QED) is 0.604. The van der Waals surface area contributed by atoms with E-state index in [1.807, 2.05) is 4.68 Å². The van der Waals surface area contributed by atoms with Gasteiger partial charge in [-0.05, 0) is 20.3 Å². The predicted octanol–water partition coefficient (Wildman–Crippen LogP) is 0.942. The number of hydrogen-bond donors (Lipinski definition) is 2. The van der Waals surface area contributed by atoms with Crippen molar-refractivity contribution < 1.29 is 0 Å². The first-order chi connectivity index (χ1) is 5.66. The van der Waals surface area contributed by atoms with E-state index in [4.69, 9.17) is 0 Å². The molecule has 0 spiro atoms. The van der Waals surface area contributed by atoms with Crippen LogP contribution in [0.25, 0.3) is 0 Å². The number of nitrogens with zero attached hydrogens (tertiary/aromatic N) is 1. The molecule has 0 unspecified atom stereocenters. The molecule has 0 radical (unpaired) electrons. The lowest BCUT2D eigenvalue weighted by atomic mass is 10.1. The highest BCUT2D eigenvalue weighted by Crippen LogP contribution is 2.23. The summed E-state index contributed by atoms with van der Waals surface area (Å²) < 4.78 is 1.89. The van der Waals surface area contributed by atoms with Crippen LogP contribution < -0.4 is 10.9 Å². The van der Waals surface area contributed by atoms with Crippen molar-refractivity contribution >= 4 is 5.82 Å². The fourth-order valence-corrected chi connectivity index (χ4v) is 1.79. The van der Waals surface area contributed by atoms with Crippen LogP contribution in [0.15, 0.2) is 10.9 Å². The first-order valence-corrected chi connectivity index (χ1v) is 4.25. The maximum absolute atomic E-state index is 11.0. The summed E-state index contributed by atoms with van der Waals surface area (Å²) >= 11 is 0. The van der Waals surface area contributed by atoms with Crippen LogP contribution in [0.1, 0.15) is 26.3 Å². The summed E-state index contributed by atoms with van der Waals surface area (Å²) in [7, 11) is 0. The molecule has 2 heterocycles. The maximum Gasteiger partial charge on any atom is 0.266 e. The van der Waals surface area contributed by atoms with Gasteiger partial charge in [-0.1, -0.05) is 0 Å². The summed E-state index contributed by atoms with van der Waals surface area (Å²) in [4.78, 5) is 11.0. The van der Waals surface area contributed by atoms with Gasteiger partial charge in [0.15, 0.2) is 0 Å². The maximum atomic E-state index is 11.0. The summed E-state index contributed by atoms with van der Waals surface area (Å²) in [6, 6.07) is 2.45. The van der Waals surface area contributed by atoms with Gasteiger partial charge in [0.2, 0.25) is 0 Å². The van der Waals surface area contributed by atoms with Crippen LogP contribution in [0.4, 0.5) is 5.82 Å². The largest absolute Gasteiger partial charge is 0.368 e. The SMILES string of the molecule is C[C@H]1C[C@H](C)n2[nH]c(=O)cc2N1. The number of aromatic amines is 1. The Labute approximate surface area is 70.6 Å². The van der Waals surface area contributed by atoms with E-state index in [1.54, 1.807) is 6.07 Å². The lowest BCUT2D eigenvalue weighted by Crippen LogP contribution is -2.28. The van der Waals surface area contributed by atoms with Crippen molar-refractivity contribution in [2.45, 2.75) is 32.4 Å². The van der Waals surface area contributed by atoms with E-state index in [0.29, 0.717) is 12.1 Å². The molecule has 0 aromatic carbocycles. The van der Waals surface area contributed by atoms with Gasteiger partial charge in [-0.25, -0.2) is 0 Å². The van der Waals surface area contributed by atoms with E-state index in [-0.39, 0.29) is 5.56 Å². The van der Waals surface area contributed by atoms with E-state index in [1.165, 1.54) is 0 Å². The summed E-state index contributed by atoms with van der Waals surface area (Å²) in [6.07, 6.45) is 1.05. The number of rotatable bonds is 0. The van der Waals surface area contributed by atoms with Crippen LogP contribution >= 0.6 is 0 Å². The van der Waals surface area contributed by atoms with E-state index in [9.17, 15) is 4.79 Å². The lowest BCUT2D eigenvalue weighted by Gasteiger charge is -2.28. The first kappa shape index (κ1) is 7.46. The zero-order valence-corrected chi connectivity index (χ0v) is 7.29. The van der Waals surface area contributed by atoms with Crippen LogP contribution in [0.3, 0.4) is 0 Å². The van der Waals surface area contributed by atoms with Gasteiger partial charge < -0.3 is 5.32 Å². The summed E-state index contributed by atoms with van der Waals surface area (Å²) in [5, 5.41) is 6.01. The topological polar surface area (TPSA) is 49.8 Å². The number of anilines is 1. The fraction of sp³-hybridized carbons (Fsp3) is 0.625. The molecule has 1 aliphatic heterocycles. The third kappa shape index (κ3) is 1.03. The molecule has 0 amide bonds. The Morgan fingerprint density at radius 3 is 3.08 bits per heavy atom. The van der Waals surface area contributed by atoms with Gasteiger partial charge in [-0.2, -0.15) is 0 Å². The van der Waals surface area contributed by atoms with Gasteiger partial charge in [0.1, 0.15) is 5.82 Å². The molecule has 1 aromatic rings. The smallest absolute Gasteiger partial charge is 0.266 e. The number of aromatic nitrogens is 2. The van der Waals surface area contributed by atoms with Gasteiger partial charge in [-0.3, -0.25) is 14.6 Å². The molecule has 2 N–H and O–H groups in total. The van der Waals surface area contributed by atoms with Crippen LogP contribution in [-0.2, 0) is 0 Å². The second-order valence-corrected chi connectivity index (χ2v) is 3.51. The Morgan fingerprint density at radius 2 is 2.33 bits per heavy atom. The third-order valence-electron chi connectivity index (χ3n) is 2.29. The van der Waals surface area contributed by atoms with Gasteiger partial charge in [0.05, 0.1) is 6.04 Å². The van der Waals surface area contributed by atoms with Crippen LogP contribution in [0.5, 0.6) is 0 Å². The van der Waals surface area contributed by atoms with Crippen molar-refractivity contribution in [3.63, 3.8) is 0 Å². The Hall–Kier alpha value is -1.19. The normalized spacial score (nSPS) is 27.8. The molecule has 0 saturated heterocycles. The van der Waals surface area contributed by atoms with Gasteiger partial charge in [0, 0.05) is 12.1 Å². The molecule has 4 nitrogen and oxygen atoms in total. The zero-order chi connectivity index (χ0) is 8.72. The van der Waals surface area contributed by atoms with Gasteiger partial charge in [-0.15, -0.1) is 0 Å². The van der Waals surface area contributed by atoms with E-state index in [0.717, 1.165) is 12.2 Å². The Bertz CT molecular complexity index is 338. The standard InChI is InChI=1S/C8H13N3O/c1-5-3-6(2)11-7(9-5)4-8(12)10-11/h4-6,9H,3H2,1-2H3,(H,10,12)/t5-,6-/m0/s1. The molecule has 4 heteroatoms. The van der Waals surface area contributed by atoms with Crippen LogP contribution in [0.2, 0.25) is 0 Å². The third-order valence-corrected chi connectivity index (χ3v) is 2.29. The number of nitrogens with one attached hydrogen (secondary N) is 2. The minimum atomic E-state index is -0.0292. The second kappa shape index (κ2) is 2.40. The molecule has 12 heavy (non-hydrogen) atoms. The van der Waals surface area contributed by atoms with Crippen LogP contribution in [0, 0.1) is 0 Å². The summed E-state index contributed by atoms with van der Waals surface area (Å²) in [5.74, 6) is 0.909. The summed E-state index contributed by atoms with van der Waals surface area (Å²) in [5.41, 5.74) is -0.0292. The highest BCUT2D eigenvalue weighted by molar-refractivity contribution is 5.37. The van der Waals surface area contributed by atoms with Crippen molar-refractivity contribution in [3.8, 4) is 0 Å². The Morgan fingerprint density at radius 1 is 1.58 bits per heavy atom. The average molecular weight is 167 g/mol. The van der Waals surface area contributed by atoms with Gasteiger partial charge in [0.25, 0.3) is 5.56 Å². The minimum absolute atomic E-state index is 0.0292. The number of hydrogen-bond acceptors (Lipinski definition) is 2. The highest BCUT2D eigenvalue weighted by Gasteiger charge is 2.20. The molecule has 0 bridgehead atoms. The van der Waals surface area contributed by atoms with Crippen molar-refractivity contribution in [3.05, 3.63) is 16.4 Å². The number of H-pyrrole nitrogens is 1. The molecule has 0 fully saturated rings. The molecule has 2 rings (SSSR count). The van der Waals surface area contributed by atoms with E-state index < -0.39 is 0 Å². The fourth-order valence-electron chi connectivity index (χ4n) is 1.79. The van der Waals surface area contributed by atoms with Crippen LogP contribution in [-0.4, -0.2) is 15.8 Å². The van der Waals surface area contributed by atoms with Crippen molar-refractivity contribution in [2.24, 2.45) is 0 Å². The molecule has 0 saturated carbocycles. The molecule has 1 aromatic heterocycles. The molecule has 66 valence electrons. The monoisotopic (exact) mass is 167 g/mol. The van der Waals surface area contributed by atoms with Crippen molar-refractivity contribution in [2.75, 3.05) is 5.32 Å². The predicted molar refractivity (Wildman–Crippen MR) is 47.5 cm³/mol. The van der Waals surface area contributed by atoms with E-state index >= 15 is 0 Å². The second-order valence-electron chi connectivity index (χ2n) is 3.51. The molecule has 0 aliphatic carbocycles. The molecule has 1 aliphatic rings. The molecule has 2 atom stereocenters. The van der Waals surface area contributed by atoms with Crippen molar-refractivity contribution in [1.82, 2.24) is 9.78 Å². The lowest BCUT2D eigenvalue weighted by molar-refractivity contribution is 0.412. The first-order valence-electron chi connectivity index (χ1n) is 4.25. The molecular weight excluding hydrogens is 154 g/mol. The van der Waals surface area contributed by atoms with Crippen molar-refractivity contribution in [1.29, 1.82) is 0 Å². The minimum Gasteiger partial charge on any atom is -0.368 e. The Balaban J connectivity index is 2.46. The number of fused-ring (bicyclic) bond motifs is 1. The van der Waals surface area contributed by atoms with Gasteiger partial charge >= 0.3 is 0 Å². The molecular formula is C8H13N3O. The Kier molecular flexibility index (Phi) is 1.49. The highest BCUT2D eigenvalue weighted by atomic mass is 16.1. The average Bonchev–Trinajstić information content (AvgIpc) is 2.29. The summed E-state index contributed by atoms with van der Waals surface area (Å²) in [6.45, 7) is 4.23. The van der Waals surface area contributed by atoms with E-state index in [2.05, 4.69) is 24.3 Å². The zero-order valence-electron chi connectivity index (χ0n) is 7.29.